The molecular weight excluding hydrogens is 548 g/mol. The Balaban J connectivity index is 0.000000254. The second-order valence-corrected chi connectivity index (χ2v) is 9.75. The molecule has 1 aliphatic rings. The first-order chi connectivity index (χ1) is 18.4. The quantitative estimate of drug-likeness (QED) is 0.294. The first-order valence-electron chi connectivity index (χ1n) is 12.5. The van der Waals surface area contributed by atoms with Crippen molar-refractivity contribution < 1.29 is 40.0 Å². The van der Waals surface area contributed by atoms with Crippen molar-refractivity contribution in [2.24, 2.45) is 0 Å². The molecule has 4 rings (SSSR count). The van der Waals surface area contributed by atoms with E-state index in [0.29, 0.717) is 19.3 Å². The van der Waals surface area contributed by atoms with Crippen LogP contribution in [0.2, 0.25) is 0 Å². The van der Waals surface area contributed by atoms with Gasteiger partial charge >= 0.3 is 65.5 Å². The summed E-state index contributed by atoms with van der Waals surface area (Å²) in [6, 6.07) is 21.0. The Morgan fingerprint density at radius 1 is 0.658 bits per heavy atom. The number of benzene rings is 3. The van der Waals surface area contributed by atoms with Gasteiger partial charge in [-0.2, -0.15) is 0 Å². The monoisotopic (exact) mass is 582 g/mol. The summed E-state index contributed by atoms with van der Waals surface area (Å²) in [6.07, 6.45) is 14.1. The summed E-state index contributed by atoms with van der Waals surface area (Å²) in [4.78, 5) is 0. The van der Waals surface area contributed by atoms with Crippen LogP contribution in [0.5, 0.6) is 17.2 Å². The SMILES string of the molecule is C=CCc1ccccc1[O-].C=CCc1ccccc1[O-].C=CCc1ccccc1[O-].CCC1=[C]([Zr+3])CC=C1. The van der Waals surface area contributed by atoms with Crippen LogP contribution >= 0.6 is 0 Å². The first kappa shape index (κ1) is 32.7. The van der Waals surface area contributed by atoms with Gasteiger partial charge in [0.15, 0.2) is 0 Å². The molecule has 0 radical (unpaired) electrons. The van der Waals surface area contributed by atoms with Gasteiger partial charge in [0, 0.05) is 0 Å². The summed E-state index contributed by atoms with van der Waals surface area (Å²) in [5.41, 5.74) is 4.02. The molecule has 38 heavy (non-hydrogen) atoms. The zero-order valence-electron chi connectivity index (χ0n) is 22.2. The van der Waals surface area contributed by atoms with Crippen LogP contribution in [0.4, 0.5) is 0 Å². The minimum absolute atomic E-state index is 0.0994. The number of hydrogen-bond donors (Lipinski definition) is 0. The topological polar surface area (TPSA) is 69.2 Å². The van der Waals surface area contributed by atoms with Gasteiger partial charge in [-0.1, -0.05) is 108 Å². The van der Waals surface area contributed by atoms with Crippen molar-refractivity contribution >= 4 is 0 Å². The summed E-state index contributed by atoms with van der Waals surface area (Å²) in [5, 5.41) is 32.9. The standard InChI is InChI=1S/3C9H10O.C7H9.Zr/c3*1-2-5-8-6-3-4-7-9(8)10;1-2-7-5-3-4-6-7;/h3*2-4,6-7,10H,1,5H2;3,5H,2,4H2,1H3;/q;;;;+3/p-3. The predicted octanol–water partition coefficient (Wildman–Crippen LogP) is 6.62. The maximum absolute atomic E-state index is 11.0. The second-order valence-electron chi connectivity index (χ2n) is 8.27. The van der Waals surface area contributed by atoms with E-state index in [1.165, 1.54) is 12.8 Å². The first-order valence-corrected chi connectivity index (χ1v) is 13.8. The third-order valence-corrected chi connectivity index (χ3v) is 6.71. The Kier molecular flexibility index (Phi) is 17.0. The zero-order chi connectivity index (χ0) is 28.2. The van der Waals surface area contributed by atoms with Gasteiger partial charge in [-0.25, -0.2) is 0 Å². The minimum atomic E-state index is 0.0994. The Morgan fingerprint density at radius 2 is 1.00 bits per heavy atom. The molecule has 194 valence electrons. The van der Waals surface area contributed by atoms with Gasteiger partial charge in [0.2, 0.25) is 0 Å². The van der Waals surface area contributed by atoms with Gasteiger partial charge in [-0.05, 0) is 19.3 Å². The van der Waals surface area contributed by atoms with E-state index in [2.05, 4.69) is 38.8 Å². The molecule has 0 saturated heterocycles. The van der Waals surface area contributed by atoms with Gasteiger partial charge in [-0.15, -0.1) is 37.0 Å². The fourth-order valence-electron chi connectivity index (χ4n) is 3.37. The Labute approximate surface area is 243 Å². The van der Waals surface area contributed by atoms with Gasteiger partial charge in [0.1, 0.15) is 0 Å². The molecule has 0 aliphatic heterocycles. The van der Waals surface area contributed by atoms with E-state index >= 15 is 0 Å². The van der Waals surface area contributed by atoms with E-state index in [9.17, 15) is 15.3 Å². The van der Waals surface area contributed by atoms with Crippen molar-refractivity contribution in [2.45, 2.75) is 39.0 Å². The summed E-state index contributed by atoms with van der Waals surface area (Å²) < 4.78 is 1.64. The molecule has 4 heteroatoms. The molecule has 3 nitrogen and oxygen atoms in total. The van der Waals surface area contributed by atoms with E-state index in [1.54, 1.807) is 88.2 Å². The number of rotatable bonds is 7. The molecule has 0 bridgehead atoms. The number of hydrogen-bond acceptors (Lipinski definition) is 3. The summed E-state index contributed by atoms with van der Waals surface area (Å²) >= 11 is 1.60. The molecule has 0 spiro atoms. The summed E-state index contributed by atoms with van der Waals surface area (Å²) in [5.74, 6) is 0.298. The number of allylic oxidation sites excluding steroid dienone is 7. The van der Waals surface area contributed by atoms with Gasteiger partial charge in [0.25, 0.3) is 0 Å². The zero-order valence-corrected chi connectivity index (χ0v) is 24.7. The fourth-order valence-corrected chi connectivity index (χ4v) is 4.29. The van der Waals surface area contributed by atoms with Gasteiger partial charge < -0.3 is 15.3 Å². The van der Waals surface area contributed by atoms with Crippen LogP contribution in [0.25, 0.3) is 0 Å². The summed E-state index contributed by atoms with van der Waals surface area (Å²) in [7, 11) is 0. The molecular formula is C34H36O3Zr. The van der Waals surface area contributed by atoms with Crippen LogP contribution in [0.3, 0.4) is 0 Å². The normalized spacial score (nSPS) is 11.1. The Morgan fingerprint density at radius 3 is 1.21 bits per heavy atom. The Bertz CT molecular complexity index is 1090. The average molecular weight is 584 g/mol. The van der Waals surface area contributed by atoms with Crippen LogP contribution in [-0.4, -0.2) is 0 Å². The molecule has 3 aromatic carbocycles. The van der Waals surface area contributed by atoms with Crippen LogP contribution in [0.15, 0.2) is 132 Å². The van der Waals surface area contributed by atoms with Crippen LogP contribution in [0, 0.1) is 0 Å². The summed E-state index contributed by atoms with van der Waals surface area (Å²) in [6.45, 7) is 12.9. The average Bonchev–Trinajstić information content (AvgIpc) is 3.35. The van der Waals surface area contributed by atoms with Crippen molar-refractivity contribution in [3.8, 4) is 17.2 Å². The van der Waals surface area contributed by atoms with Gasteiger partial charge in [0.05, 0.1) is 0 Å². The van der Waals surface area contributed by atoms with Crippen LogP contribution in [-0.2, 0) is 44.0 Å². The molecule has 3 aromatic rings. The molecule has 0 atom stereocenters. The maximum atomic E-state index is 11.0. The van der Waals surface area contributed by atoms with Crippen LogP contribution < -0.4 is 15.3 Å². The molecule has 0 amide bonds. The van der Waals surface area contributed by atoms with Crippen molar-refractivity contribution in [1.29, 1.82) is 0 Å². The third-order valence-electron chi connectivity index (χ3n) is 5.42. The van der Waals surface area contributed by atoms with E-state index in [1.807, 2.05) is 36.4 Å². The molecule has 0 fully saturated rings. The van der Waals surface area contributed by atoms with Gasteiger partial charge in [-0.3, -0.25) is 0 Å². The molecule has 0 unspecified atom stereocenters. The molecule has 0 saturated carbocycles. The van der Waals surface area contributed by atoms with Crippen molar-refractivity contribution in [3.05, 3.63) is 148 Å². The van der Waals surface area contributed by atoms with E-state index in [-0.39, 0.29) is 17.2 Å². The van der Waals surface area contributed by atoms with Crippen molar-refractivity contribution in [3.63, 3.8) is 0 Å². The van der Waals surface area contributed by atoms with E-state index in [4.69, 9.17) is 0 Å². The molecule has 0 heterocycles. The van der Waals surface area contributed by atoms with E-state index < -0.39 is 0 Å². The predicted molar refractivity (Wildman–Crippen MR) is 150 cm³/mol. The third kappa shape index (κ3) is 12.7. The fraction of sp³-hybridized carbons (Fsp3) is 0.176. The Hall–Kier alpha value is -3.36. The van der Waals surface area contributed by atoms with E-state index in [0.717, 1.165) is 16.7 Å². The second kappa shape index (κ2) is 19.7. The van der Waals surface area contributed by atoms with Crippen molar-refractivity contribution in [2.75, 3.05) is 0 Å². The molecule has 0 aromatic heterocycles. The molecule has 0 N–H and O–H groups in total. The number of para-hydroxylation sites is 3. The van der Waals surface area contributed by atoms with Crippen molar-refractivity contribution in [1.82, 2.24) is 0 Å². The molecule has 1 aliphatic carbocycles. The van der Waals surface area contributed by atoms with Crippen LogP contribution in [0.1, 0.15) is 36.5 Å².